The van der Waals surface area contributed by atoms with E-state index in [-0.39, 0.29) is 0 Å². The summed E-state index contributed by atoms with van der Waals surface area (Å²) in [5.41, 5.74) is 0. The first-order chi connectivity index (χ1) is 8.40. The van der Waals surface area contributed by atoms with Gasteiger partial charge in [0.15, 0.2) is 0 Å². The lowest BCUT2D eigenvalue weighted by atomic mass is 10.1. The van der Waals surface area contributed by atoms with Crippen LogP contribution in [0.5, 0.6) is 0 Å². The molecule has 0 aromatic heterocycles. The fourth-order valence-electron chi connectivity index (χ4n) is 3.03. The number of nitrogens with one attached hydrogen (secondary N) is 1. The standard InChI is InChI=1S/C14H28N2O/c1-2-8-15-11-13-6-5-9-16(13)12-14-7-3-4-10-17-14/h13-15H,2-12H2,1H3. The molecule has 0 radical (unpaired) electrons. The lowest BCUT2D eigenvalue weighted by Gasteiger charge is -2.31. The number of ether oxygens (including phenoxy) is 1. The predicted octanol–water partition coefficient (Wildman–Crippen LogP) is 2.02. The molecular weight excluding hydrogens is 212 g/mol. The molecule has 0 aromatic carbocycles. The van der Waals surface area contributed by atoms with E-state index in [4.69, 9.17) is 4.74 Å². The molecule has 2 rings (SSSR count). The third-order valence-corrected chi connectivity index (χ3v) is 4.02. The van der Waals surface area contributed by atoms with E-state index in [0.717, 1.165) is 19.2 Å². The van der Waals surface area contributed by atoms with Crippen LogP contribution in [-0.2, 0) is 4.74 Å². The van der Waals surface area contributed by atoms with Gasteiger partial charge in [-0.3, -0.25) is 4.90 Å². The lowest BCUT2D eigenvalue weighted by molar-refractivity contribution is -0.00778. The topological polar surface area (TPSA) is 24.5 Å². The maximum absolute atomic E-state index is 5.85. The van der Waals surface area contributed by atoms with Gasteiger partial charge in [-0.1, -0.05) is 6.92 Å². The van der Waals surface area contributed by atoms with Crippen molar-refractivity contribution in [2.24, 2.45) is 0 Å². The van der Waals surface area contributed by atoms with Crippen LogP contribution in [0, 0.1) is 0 Å². The Morgan fingerprint density at radius 3 is 2.94 bits per heavy atom. The molecule has 17 heavy (non-hydrogen) atoms. The van der Waals surface area contributed by atoms with Crippen molar-refractivity contribution in [2.75, 3.05) is 32.8 Å². The van der Waals surface area contributed by atoms with E-state index < -0.39 is 0 Å². The van der Waals surface area contributed by atoms with Crippen LogP contribution in [0.25, 0.3) is 0 Å². The number of likely N-dealkylation sites (tertiary alicyclic amines) is 1. The normalized spacial score (nSPS) is 30.9. The first-order valence-electron chi connectivity index (χ1n) is 7.46. The Kier molecular flexibility index (Phi) is 5.75. The molecule has 100 valence electrons. The fraction of sp³-hybridized carbons (Fsp3) is 1.00. The van der Waals surface area contributed by atoms with E-state index >= 15 is 0 Å². The van der Waals surface area contributed by atoms with Gasteiger partial charge in [-0.25, -0.2) is 0 Å². The maximum atomic E-state index is 5.85. The van der Waals surface area contributed by atoms with Crippen LogP contribution in [0.15, 0.2) is 0 Å². The first-order valence-corrected chi connectivity index (χ1v) is 7.46. The zero-order valence-corrected chi connectivity index (χ0v) is 11.3. The average molecular weight is 240 g/mol. The van der Waals surface area contributed by atoms with Gasteiger partial charge in [0.05, 0.1) is 6.10 Å². The zero-order valence-electron chi connectivity index (χ0n) is 11.3. The second kappa shape index (κ2) is 7.34. The number of nitrogens with zero attached hydrogens (tertiary/aromatic N) is 1. The third-order valence-electron chi connectivity index (χ3n) is 4.02. The van der Waals surface area contributed by atoms with Crippen LogP contribution >= 0.6 is 0 Å². The average Bonchev–Trinajstić information content (AvgIpc) is 2.79. The number of hydrogen-bond acceptors (Lipinski definition) is 3. The Balaban J connectivity index is 1.70. The molecule has 0 saturated carbocycles. The minimum Gasteiger partial charge on any atom is -0.377 e. The molecule has 0 amide bonds. The highest BCUT2D eigenvalue weighted by molar-refractivity contribution is 4.83. The zero-order chi connectivity index (χ0) is 11.9. The van der Waals surface area contributed by atoms with E-state index in [2.05, 4.69) is 17.1 Å². The summed E-state index contributed by atoms with van der Waals surface area (Å²) in [6, 6.07) is 0.757. The molecule has 2 aliphatic rings. The van der Waals surface area contributed by atoms with Crippen LogP contribution in [0.2, 0.25) is 0 Å². The smallest absolute Gasteiger partial charge is 0.0702 e. The van der Waals surface area contributed by atoms with E-state index in [0.29, 0.717) is 6.10 Å². The second-order valence-electron chi connectivity index (χ2n) is 5.48. The summed E-state index contributed by atoms with van der Waals surface area (Å²) in [6.45, 7) is 7.98. The highest BCUT2D eigenvalue weighted by atomic mass is 16.5. The summed E-state index contributed by atoms with van der Waals surface area (Å²) in [6.07, 6.45) is 8.36. The Bertz CT molecular complexity index is 204. The predicted molar refractivity (Wildman–Crippen MR) is 71.3 cm³/mol. The molecule has 0 aliphatic carbocycles. The monoisotopic (exact) mass is 240 g/mol. The molecule has 3 heteroatoms. The number of hydrogen-bond donors (Lipinski definition) is 1. The van der Waals surface area contributed by atoms with Crippen molar-refractivity contribution in [1.29, 1.82) is 0 Å². The minimum atomic E-state index is 0.510. The molecule has 3 nitrogen and oxygen atoms in total. The Hall–Kier alpha value is -0.120. The summed E-state index contributed by atoms with van der Waals surface area (Å²) >= 11 is 0. The lowest BCUT2D eigenvalue weighted by Crippen LogP contribution is -2.43. The molecule has 1 N–H and O–H groups in total. The molecule has 2 fully saturated rings. The molecular formula is C14H28N2O. The van der Waals surface area contributed by atoms with E-state index in [1.54, 1.807) is 0 Å². The molecule has 0 spiro atoms. The van der Waals surface area contributed by atoms with Gasteiger partial charge in [0.1, 0.15) is 0 Å². The minimum absolute atomic E-state index is 0.510. The maximum Gasteiger partial charge on any atom is 0.0702 e. The van der Waals surface area contributed by atoms with Crippen molar-refractivity contribution in [3.05, 3.63) is 0 Å². The largest absolute Gasteiger partial charge is 0.377 e. The first kappa shape index (κ1) is 13.3. The third kappa shape index (κ3) is 4.23. The van der Waals surface area contributed by atoms with Gasteiger partial charge >= 0.3 is 0 Å². The molecule has 0 aromatic rings. The van der Waals surface area contributed by atoms with Crippen molar-refractivity contribution < 1.29 is 4.74 Å². The van der Waals surface area contributed by atoms with Crippen LogP contribution in [-0.4, -0.2) is 49.8 Å². The molecule has 2 aliphatic heterocycles. The SMILES string of the molecule is CCCNCC1CCCN1CC1CCCCO1. The Labute approximate surface area is 106 Å². The molecule has 2 heterocycles. The van der Waals surface area contributed by atoms with Crippen molar-refractivity contribution in [3.63, 3.8) is 0 Å². The fourth-order valence-corrected chi connectivity index (χ4v) is 3.03. The molecule has 0 bridgehead atoms. The quantitative estimate of drug-likeness (QED) is 0.719. The van der Waals surface area contributed by atoms with Gasteiger partial charge in [-0.2, -0.15) is 0 Å². The molecule has 2 saturated heterocycles. The Morgan fingerprint density at radius 2 is 2.18 bits per heavy atom. The molecule has 2 atom stereocenters. The van der Waals surface area contributed by atoms with Crippen molar-refractivity contribution in [3.8, 4) is 0 Å². The summed E-state index contributed by atoms with van der Waals surface area (Å²) < 4.78 is 5.85. The van der Waals surface area contributed by atoms with E-state index in [9.17, 15) is 0 Å². The van der Waals surface area contributed by atoms with Gasteiger partial charge in [-0.05, 0) is 51.6 Å². The summed E-state index contributed by atoms with van der Waals surface area (Å²) in [7, 11) is 0. The summed E-state index contributed by atoms with van der Waals surface area (Å²) in [5.74, 6) is 0. The summed E-state index contributed by atoms with van der Waals surface area (Å²) in [4.78, 5) is 2.65. The van der Waals surface area contributed by atoms with Crippen molar-refractivity contribution in [2.45, 2.75) is 57.6 Å². The van der Waals surface area contributed by atoms with Crippen molar-refractivity contribution in [1.82, 2.24) is 10.2 Å². The van der Waals surface area contributed by atoms with E-state index in [1.165, 1.54) is 58.2 Å². The van der Waals surface area contributed by atoms with Crippen LogP contribution in [0.3, 0.4) is 0 Å². The van der Waals surface area contributed by atoms with Crippen LogP contribution < -0.4 is 5.32 Å². The summed E-state index contributed by atoms with van der Waals surface area (Å²) in [5, 5.41) is 3.56. The van der Waals surface area contributed by atoms with Gasteiger partial charge in [0.25, 0.3) is 0 Å². The highest BCUT2D eigenvalue weighted by Gasteiger charge is 2.27. The van der Waals surface area contributed by atoms with Gasteiger partial charge < -0.3 is 10.1 Å². The van der Waals surface area contributed by atoms with Gasteiger partial charge in [0.2, 0.25) is 0 Å². The van der Waals surface area contributed by atoms with Gasteiger partial charge in [0, 0.05) is 25.7 Å². The Morgan fingerprint density at radius 1 is 1.24 bits per heavy atom. The van der Waals surface area contributed by atoms with Crippen LogP contribution in [0.4, 0.5) is 0 Å². The van der Waals surface area contributed by atoms with Gasteiger partial charge in [-0.15, -0.1) is 0 Å². The molecule has 2 unspecified atom stereocenters. The highest BCUT2D eigenvalue weighted by Crippen LogP contribution is 2.20. The van der Waals surface area contributed by atoms with Crippen molar-refractivity contribution >= 4 is 0 Å². The van der Waals surface area contributed by atoms with Crippen LogP contribution in [0.1, 0.15) is 45.4 Å². The van der Waals surface area contributed by atoms with E-state index in [1.807, 2.05) is 0 Å². The second-order valence-corrected chi connectivity index (χ2v) is 5.48. The number of rotatable bonds is 6.